The van der Waals surface area contributed by atoms with Crippen molar-refractivity contribution < 1.29 is 9.53 Å². The number of nitrogens with zero attached hydrogens (tertiary/aromatic N) is 2. The summed E-state index contributed by atoms with van der Waals surface area (Å²) in [6.07, 6.45) is 0.0196. The van der Waals surface area contributed by atoms with E-state index < -0.39 is 0 Å². The number of aryl methyl sites for hydroxylation is 1. The van der Waals surface area contributed by atoms with Crippen LogP contribution in [-0.4, -0.2) is 45.8 Å². The molecule has 6 nitrogen and oxygen atoms in total. The molecule has 1 atom stereocenters. The normalized spacial score (nSPS) is 23.1. The molecule has 0 saturated carbocycles. The third kappa shape index (κ3) is 2.33. The predicted octanol–water partition coefficient (Wildman–Crippen LogP) is 0.940. The summed E-state index contributed by atoms with van der Waals surface area (Å²) in [4.78, 5) is 14.2. The van der Waals surface area contributed by atoms with E-state index in [1.807, 2.05) is 20.8 Å². The van der Waals surface area contributed by atoms with Crippen LogP contribution in [0.1, 0.15) is 36.8 Å². The number of H-pyrrole nitrogens is 1. The zero-order valence-corrected chi connectivity index (χ0v) is 11.3. The van der Waals surface area contributed by atoms with E-state index in [1.54, 1.807) is 11.8 Å². The standard InChI is InChI=1S/C12H20N4O2/c1-7-5-16(6-12(3,4)18-7)11(17)9-8(2)14-15-10(9)13/h7H,5-6H2,1-4H3,(H3,13,14,15). The number of morpholine rings is 1. The minimum Gasteiger partial charge on any atom is -0.382 e. The molecular weight excluding hydrogens is 232 g/mol. The number of carbonyl (C=O) groups excluding carboxylic acids is 1. The molecule has 1 aromatic heterocycles. The highest BCUT2D eigenvalue weighted by Crippen LogP contribution is 2.24. The van der Waals surface area contributed by atoms with Gasteiger partial charge in [-0.15, -0.1) is 0 Å². The summed E-state index contributed by atoms with van der Waals surface area (Å²) in [5.74, 6) is 0.177. The molecule has 1 unspecified atom stereocenters. The number of aromatic nitrogens is 2. The molecule has 6 heteroatoms. The lowest BCUT2D eigenvalue weighted by Crippen LogP contribution is -2.53. The molecule has 0 spiro atoms. The van der Waals surface area contributed by atoms with Gasteiger partial charge in [0, 0.05) is 18.8 Å². The SMILES string of the molecule is Cc1[nH]nc(N)c1C(=O)N1CC(C)OC(C)(C)C1. The second kappa shape index (κ2) is 4.28. The van der Waals surface area contributed by atoms with E-state index in [0.29, 0.717) is 24.3 Å². The van der Waals surface area contributed by atoms with Crippen molar-refractivity contribution in [2.45, 2.75) is 39.4 Å². The Balaban J connectivity index is 2.24. The van der Waals surface area contributed by atoms with Crippen molar-refractivity contribution in [3.63, 3.8) is 0 Å². The minimum absolute atomic E-state index is 0.0196. The van der Waals surface area contributed by atoms with Crippen LogP contribution in [0.3, 0.4) is 0 Å². The molecule has 18 heavy (non-hydrogen) atoms. The fourth-order valence-electron chi connectivity index (χ4n) is 2.48. The number of ether oxygens (including phenoxy) is 1. The first kappa shape index (κ1) is 12.9. The Morgan fingerprint density at radius 2 is 2.28 bits per heavy atom. The van der Waals surface area contributed by atoms with Crippen LogP contribution in [0, 0.1) is 6.92 Å². The molecule has 0 bridgehead atoms. The maximum absolute atomic E-state index is 12.5. The molecule has 2 heterocycles. The molecule has 1 saturated heterocycles. The number of anilines is 1. The van der Waals surface area contributed by atoms with Crippen molar-refractivity contribution in [1.82, 2.24) is 15.1 Å². The van der Waals surface area contributed by atoms with Gasteiger partial charge in [-0.2, -0.15) is 5.10 Å². The summed E-state index contributed by atoms with van der Waals surface area (Å²) in [5.41, 5.74) is 6.57. The summed E-state index contributed by atoms with van der Waals surface area (Å²) < 4.78 is 5.78. The van der Waals surface area contributed by atoms with Crippen molar-refractivity contribution >= 4 is 11.7 Å². The second-order valence-corrected chi connectivity index (χ2v) is 5.48. The van der Waals surface area contributed by atoms with Crippen molar-refractivity contribution in [2.75, 3.05) is 18.8 Å². The molecule has 2 rings (SSSR count). The molecule has 100 valence electrons. The third-order valence-corrected chi connectivity index (χ3v) is 3.05. The third-order valence-electron chi connectivity index (χ3n) is 3.05. The monoisotopic (exact) mass is 252 g/mol. The highest BCUT2D eigenvalue weighted by Gasteiger charge is 2.35. The highest BCUT2D eigenvalue weighted by molar-refractivity contribution is 5.99. The lowest BCUT2D eigenvalue weighted by molar-refractivity contribution is -0.118. The Morgan fingerprint density at radius 1 is 1.61 bits per heavy atom. The first-order chi connectivity index (χ1) is 8.30. The van der Waals surface area contributed by atoms with E-state index in [1.165, 1.54) is 0 Å². The molecule has 3 N–H and O–H groups in total. The Morgan fingerprint density at radius 3 is 2.78 bits per heavy atom. The Hall–Kier alpha value is -1.56. The van der Waals surface area contributed by atoms with E-state index >= 15 is 0 Å². The summed E-state index contributed by atoms with van der Waals surface area (Å²) in [6, 6.07) is 0. The van der Waals surface area contributed by atoms with Gasteiger partial charge in [0.2, 0.25) is 0 Å². The van der Waals surface area contributed by atoms with Crippen molar-refractivity contribution in [2.24, 2.45) is 0 Å². The first-order valence-corrected chi connectivity index (χ1v) is 6.08. The molecule has 1 aromatic rings. The van der Waals surface area contributed by atoms with Gasteiger partial charge < -0.3 is 15.4 Å². The molecule has 0 aromatic carbocycles. The van der Waals surface area contributed by atoms with E-state index in [9.17, 15) is 4.79 Å². The fourth-order valence-corrected chi connectivity index (χ4v) is 2.48. The van der Waals surface area contributed by atoms with Crippen LogP contribution < -0.4 is 5.73 Å². The quantitative estimate of drug-likeness (QED) is 0.779. The maximum Gasteiger partial charge on any atom is 0.259 e. The molecule has 1 amide bonds. The zero-order chi connectivity index (χ0) is 13.5. The predicted molar refractivity (Wildman–Crippen MR) is 68.3 cm³/mol. The number of amides is 1. The van der Waals surface area contributed by atoms with Gasteiger partial charge in [0.25, 0.3) is 5.91 Å². The van der Waals surface area contributed by atoms with E-state index in [2.05, 4.69) is 10.2 Å². The zero-order valence-electron chi connectivity index (χ0n) is 11.3. The van der Waals surface area contributed by atoms with Crippen LogP contribution in [0.5, 0.6) is 0 Å². The molecule has 0 radical (unpaired) electrons. The van der Waals surface area contributed by atoms with Crippen LogP contribution >= 0.6 is 0 Å². The van der Waals surface area contributed by atoms with Gasteiger partial charge in [-0.1, -0.05) is 0 Å². The maximum atomic E-state index is 12.5. The lowest BCUT2D eigenvalue weighted by atomic mass is 10.0. The van der Waals surface area contributed by atoms with Gasteiger partial charge in [0.05, 0.1) is 11.7 Å². The minimum atomic E-state index is -0.334. The van der Waals surface area contributed by atoms with Gasteiger partial charge in [-0.25, -0.2) is 0 Å². The summed E-state index contributed by atoms with van der Waals surface area (Å²) in [5, 5.41) is 6.60. The lowest BCUT2D eigenvalue weighted by Gasteiger charge is -2.41. The molecule has 1 fully saturated rings. The van der Waals surface area contributed by atoms with E-state index in [0.717, 1.165) is 0 Å². The summed E-state index contributed by atoms with van der Waals surface area (Å²) in [7, 11) is 0. The van der Waals surface area contributed by atoms with Crippen LogP contribution in [-0.2, 0) is 4.74 Å². The van der Waals surface area contributed by atoms with Gasteiger partial charge >= 0.3 is 0 Å². The smallest absolute Gasteiger partial charge is 0.259 e. The first-order valence-electron chi connectivity index (χ1n) is 6.08. The molecule has 0 aliphatic carbocycles. The average Bonchev–Trinajstić information content (AvgIpc) is 2.54. The number of nitrogen functional groups attached to an aromatic ring is 1. The summed E-state index contributed by atoms with van der Waals surface area (Å²) >= 11 is 0. The van der Waals surface area contributed by atoms with Gasteiger partial charge in [0.1, 0.15) is 5.56 Å². The number of nitrogens with two attached hydrogens (primary N) is 1. The number of rotatable bonds is 1. The number of hydrogen-bond acceptors (Lipinski definition) is 4. The van der Waals surface area contributed by atoms with Crippen molar-refractivity contribution in [3.05, 3.63) is 11.3 Å². The van der Waals surface area contributed by atoms with Gasteiger partial charge in [-0.3, -0.25) is 9.89 Å². The van der Waals surface area contributed by atoms with Crippen molar-refractivity contribution in [3.8, 4) is 0 Å². The topological polar surface area (TPSA) is 84.2 Å². The largest absolute Gasteiger partial charge is 0.382 e. The van der Waals surface area contributed by atoms with E-state index in [-0.39, 0.29) is 23.4 Å². The van der Waals surface area contributed by atoms with Crippen LogP contribution in [0.4, 0.5) is 5.82 Å². The molecule has 1 aliphatic rings. The average molecular weight is 252 g/mol. The molecule has 1 aliphatic heterocycles. The van der Waals surface area contributed by atoms with Crippen LogP contribution in [0.2, 0.25) is 0 Å². The van der Waals surface area contributed by atoms with E-state index in [4.69, 9.17) is 10.5 Å². The number of nitrogens with one attached hydrogen (secondary N) is 1. The molecular formula is C12H20N4O2. The van der Waals surface area contributed by atoms with Gasteiger partial charge in [-0.05, 0) is 27.7 Å². The number of hydrogen-bond donors (Lipinski definition) is 2. The van der Waals surface area contributed by atoms with Gasteiger partial charge in [0.15, 0.2) is 5.82 Å². The fraction of sp³-hybridized carbons (Fsp3) is 0.667. The Bertz CT molecular complexity index is 447. The Labute approximate surface area is 106 Å². The number of aromatic amines is 1. The van der Waals surface area contributed by atoms with Crippen molar-refractivity contribution in [1.29, 1.82) is 0 Å². The highest BCUT2D eigenvalue weighted by atomic mass is 16.5. The van der Waals surface area contributed by atoms with Crippen LogP contribution in [0.25, 0.3) is 0 Å². The number of carbonyl (C=O) groups is 1. The summed E-state index contributed by atoms with van der Waals surface area (Å²) in [6.45, 7) is 8.86. The van der Waals surface area contributed by atoms with Crippen LogP contribution in [0.15, 0.2) is 0 Å². The Kier molecular flexibility index (Phi) is 3.06. The second-order valence-electron chi connectivity index (χ2n) is 5.48.